The van der Waals surface area contributed by atoms with E-state index in [0.717, 1.165) is 17.7 Å². The van der Waals surface area contributed by atoms with Gasteiger partial charge in [0.1, 0.15) is 0 Å². The standard InChI is InChI=1S/C14H21N3O2/c1-3-16-13-9-19-8-12(13)14(18)17-7-11-6-15-5-4-10(11)2/h4-6,12-13,16H,3,7-9H2,1-2H3,(H,17,18). The summed E-state index contributed by atoms with van der Waals surface area (Å²) in [6.45, 7) is 6.52. The van der Waals surface area contributed by atoms with E-state index in [4.69, 9.17) is 4.74 Å². The molecule has 1 aromatic heterocycles. The summed E-state index contributed by atoms with van der Waals surface area (Å²) in [5, 5.41) is 6.26. The third kappa shape index (κ3) is 3.52. The summed E-state index contributed by atoms with van der Waals surface area (Å²) in [5.74, 6) is -0.0522. The summed E-state index contributed by atoms with van der Waals surface area (Å²) in [6.07, 6.45) is 3.55. The first kappa shape index (κ1) is 14.0. The molecule has 2 atom stereocenters. The fourth-order valence-electron chi connectivity index (χ4n) is 2.27. The molecule has 19 heavy (non-hydrogen) atoms. The first-order chi connectivity index (χ1) is 9.22. The Kier molecular flexibility index (Phi) is 4.87. The van der Waals surface area contributed by atoms with Gasteiger partial charge in [0, 0.05) is 25.0 Å². The molecule has 2 rings (SSSR count). The largest absolute Gasteiger partial charge is 0.379 e. The zero-order valence-electron chi connectivity index (χ0n) is 11.5. The van der Waals surface area contributed by atoms with Crippen LogP contribution in [-0.2, 0) is 16.1 Å². The van der Waals surface area contributed by atoms with Crippen LogP contribution in [0, 0.1) is 12.8 Å². The van der Waals surface area contributed by atoms with Gasteiger partial charge in [-0.3, -0.25) is 9.78 Å². The highest BCUT2D eigenvalue weighted by molar-refractivity contribution is 5.79. The summed E-state index contributed by atoms with van der Waals surface area (Å²) in [5.41, 5.74) is 2.19. The van der Waals surface area contributed by atoms with Gasteiger partial charge in [-0.1, -0.05) is 6.92 Å². The Hall–Kier alpha value is -1.46. The summed E-state index contributed by atoms with van der Waals surface area (Å²) in [4.78, 5) is 16.2. The van der Waals surface area contributed by atoms with Gasteiger partial charge in [0.25, 0.3) is 0 Å². The van der Waals surface area contributed by atoms with Crippen molar-refractivity contribution >= 4 is 5.91 Å². The first-order valence-corrected chi connectivity index (χ1v) is 6.70. The highest BCUT2D eigenvalue weighted by Gasteiger charge is 2.33. The van der Waals surface area contributed by atoms with Gasteiger partial charge in [0.05, 0.1) is 19.1 Å². The maximum atomic E-state index is 12.2. The third-order valence-electron chi connectivity index (χ3n) is 3.48. The average Bonchev–Trinajstić information content (AvgIpc) is 2.86. The van der Waals surface area contributed by atoms with Gasteiger partial charge in [-0.05, 0) is 30.7 Å². The molecule has 5 heteroatoms. The molecule has 0 bridgehead atoms. The van der Waals surface area contributed by atoms with Crippen molar-refractivity contribution in [3.05, 3.63) is 29.6 Å². The number of ether oxygens (including phenoxy) is 1. The molecule has 5 nitrogen and oxygen atoms in total. The number of amides is 1. The van der Waals surface area contributed by atoms with Gasteiger partial charge in [-0.15, -0.1) is 0 Å². The molecule has 1 saturated heterocycles. The summed E-state index contributed by atoms with van der Waals surface area (Å²) in [6, 6.07) is 2.07. The Morgan fingerprint density at radius 2 is 2.37 bits per heavy atom. The predicted octanol–water partition coefficient (Wildman–Crippen LogP) is 0.631. The van der Waals surface area contributed by atoms with Crippen molar-refractivity contribution < 1.29 is 9.53 Å². The lowest BCUT2D eigenvalue weighted by Gasteiger charge is -2.18. The number of hydrogen-bond donors (Lipinski definition) is 2. The Labute approximate surface area is 113 Å². The number of aromatic nitrogens is 1. The van der Waals surface area contributed by atoms with Gasteiger partial charge in [-0.25, -0.2) is 0 Å². The van der Waals surface area contributed by atoms with Crippen molar-refractivity contribution in [1.82, 2.24) is 15.6 Å². The van der Waals surface area contributed by atoms with Crippen molar-refractivity contribution in [3.8, 4) is 0 Å². The Bertz CT molecular complexity index is 436. The minimum atomic E-state index is -0.100. The highest BCUT2D eigenvalue weighted by atomic mass is 16.5. The molecule has 1 fully saturated rings. The van der Waals surface area contributed by atoms with Crippen molar-refractivity contribution in [2.45, 2.75) is 26.4 Å². The van der Waals surface area contributed by atoms with Crippen LogP contribution in [0.25, 0.3) is 0 Å². The van der Waals surface area contributed by atoms with Crippen LogP contribution in [0.2, 0.25) is 0 Å². The minimum absolute atomic E-state index is 0.0479. The second-order valence-corrected chi connectivity index (χ2v) is 4.83. The summed E-state index contributed by atoms with van der Waals surface area (Å²) < 4.78 is 5.38. The Morgan fingerprint density at radius 1 is 1.53 bits per heavy atom. The van der Waals surface area contributed by atoms with E-state index < -0.39 is 0 Å². The van der Waals surface area contributed by atoms with Crippen LogP contribution in [0.15, 0.2) is 18.5 Å². The highest BCUT2D eigenvalue weighted by Crippen LogP contribution is 2.14. The molecule has 1 amide bonds. The molecule has 2 N–H and O–H groups in total. The number of carbonyl (C=O) groups is 1. The normalized spacial score (nSPS) is 22.4. The maximum absolute atomic E-state index is 12.2. The van der Waals surface area contributed by atoms with Gasteiger partial charge in [0.2, 0.25) is 5.91 Å². The molecule has 1 aliphatic heterocycles. The van der Waals surface area contributed by atoms with Crippen LogP contribution in [0.4, 0.5) is 0 Å². The van der Waals surface area contributed by atoms with E-state index in [1.807, 2.05) is 19.9 Å². The lowest BCUT2D eigenvalue weighted by molar-refractivity contribution is -0.125. The van der Waals surface area contributed by atoms with Crippen LogP contribution in [0.5, 0.6) is 0 Å². The predicted molar refractivity (Wildman–Crippen MR) is 72.6 cm³/mol. The van der Waals surface area contributed by atoms with Crippen molar-refractivity contribution in [2.24, 2.45) is 5.92 Å². The number of pyridine rings is 1. The van der Waals surface area contributed by atoms with E-state index in [9.17, 15) is 4.79 Å². The second kappa shape index (κ2) is 6.63. The number of aryl methyl sites for hydroxylation is 1. The second-order valence-electron chi connectivity index (χ2n) is 4.83. The van der Waals surface area contributed by atoms with Crippen LogP contribution in [0.1, 0.15) is 18.1 Å². The molecule has 0 radical (unpaired) electrons. The van der Waals surface area contributed by atoms with E-state index in [0.29, 0.717) is 19.8 Å². The average molecular weight is 263 g/mol. The van der Waals surface area contributed by atoms with Crippen LogP contribution in [0.3, 0.4) is 0 Å². The van der Waals surface area contributed by atoms with Crippen molar-refractivity contribution in [2.75, 3.05) is 19.8 Å². The molecular formula is C14H21N3O2. The Morgan fingerprint density at radius 3 is 3.11 bits per heavy atom. The first-order valence-electron chi connectivity index (χ1n) is 6.70. The quantitative estimate of drug-likeness (QED) is 0.818. The van der Waals surface area contributed by atoms with Gasteiger partial charge < -0.3 is 15.4 Å². The lowest BCUT2D eigenvalue weighted by atomic mass is 10.0. The monoisotopic (exact) mass is 263 g/mol. The zero-order valence-corrected chi connectivity index (χ0v) is 11.5. The molecule has 2 heterocycles. The third-order valence-corrected chi connectivity index (χ3v) is 3.48. The molecule has 104 valence electrons. The van der Waals surface area contributed by atoms with E-state index in [1.54, 1.807) is 12.4 Å². The van der Waals surface area contributed by atoms with Crippen LogP contribution < -0.4 is 10.6 Å². The molecule has 1 aliphatic rings. The van der Waals surface area contributed by atoms with Crippen LogP contribution in [-0.4, -0.2) is 36.7 Å². The van der Waals surface area contributed by atoms with Crippen LogP contribution >= 0.6 is 0 Å². The molecular weight excluding hydrogens is 242 g/mol. The SMILES string of the molecule is CCNC1COCC1C(=O)NCc1cnccc1C. The Balaban J connectivity index is 1.89. The topological polar surface area (TPSA) is 63.2 Å². The number of nitrogens with zero attached hydrogens (tertiary/aromatic N) is 1. The van der Waals surface area contributed by atoms with Gasteiger partial charge in [-0.2, -0.15) is 0 Å². The van der Waals surface area contributed by atoms with Gasteiger partial charge >= 0.3 is 0 Å². The molecule has 0 saturated carbocycles. The summed E-state index contributed by atoms with van der Waals surface area (Å²) in [7, 11) is 0. The lowest BCUT2D eigenvalue weighted by Crippen LogP contribution is -2.43. The molecule has 1 aromatic rings. The number of carbonyl (C=O) groups excluding carboxylic acids is 1. The molecule has 2 unspecified atom stereocenters. The number of hydrogen-bond acceptors (Lipinski definition) is 4. The van der Waals surface area contributed by atoms with E-state index in [-0.39, 0.29) is 17.9 Å². The van der Waals surface area contributed by atoms with Gasteiger partial charge in [0.15, 0.2) is 0 Å². The fourth-order valence-corrected chi connectivity index (χ4v) is 2.27. The van der Waals surface area contributed by atoms with E-state index in [2.05, 4.69) is 15.6 Å². The number of nitrogens with one attached hydrogen (secondary N) is 2. The van der Waals surface area contributed by atoms with E-state index >= 15 is 0 Å². The van der Waals surface area contributed by atoms with Crippen molar-refractivity contribution in [1.29, 1.82) is 0 Å². The molecule has 0 aliphatic carbocycles. The molecule has 0 spiro atoms. The molecule has 0 aromatic carbocycles. The zero-order chi connectivity index (χ0) is 13.7. The maximum Gasteiger partial charge on any atom is 0.227 e. The minimum Gasteiger partial charge on any atom is -0.379 e. The smallest absolute Gasteiger partial charge is 0.227 e. The number of rotatable bonds is 5. The number of likely N-dealkylation sites (N-methyl/N-ethyl adjacent to an activating group) is 1. The van der Waals surface area contributed by atoms with E-state index in [1.165, 1.54) is 0 Å². The fraction of sp³-hybridized carbons (Fsp3) is 0.571. The van der Waals surface area contributed by atoms with Crippen molar-refractivity contribution in [3.63, 3.8) is 0 Å². The summed E-state index contributed by atoms with van der Waals surface area (Å²) >= 11 is 0.